The highest BCUT2D eigenvalue weighted by Crippen LogP contribution is 2.21. The van der Waals surface area contributed by atoms with Crippen molar-refractivity contribution >= 4 is 11.9 Å². The molecule has 0 aliphatic rings. The van der Waals surface area contributed by atoms with E-state index in [2.05, 4.69) is 20.3 Å². The normalized spacial score (nSPS) is 11.3. The maximum absolute atomic E-state index is 12.5. The molecule has 0 saturated carbocycles. The number of rotatable bonds is 7. The van der Waals surface area contributed by atoms with Gasteiger partial charge in [0, 0.05) is 13.1 Å². The smallest absolute Gasteiger partial charge is 0.406 e. The van der Waals surface area contributed by atoms with Crippen molar-refractivity contribution in [1.82, 2.24) is 15.0 Å². The Morgan fingerprint density at radius 1 is 1.20 bits per heavy atom. The molecule has 1 rings (SSSR count). The lowest BCUT2D eigenvalue weighted by Gasteiger charge is -2.22. The second-order valence-corrected chi connectivity index (χ2v) is 4.00. The molecule has 0 unspecified atom stereocenters. The Labute approximate surface area is 115 Å². The molecule has 1 heterocycles. The van der Waals surface area contributed by atoms with E-state index in [9.17, 15) is 13.2 Å². The van der Waals surface area contributed by atoms with Gasteiger partial charge in [-0.05, 0) is 13.3 Å². The number of anilines is 2. The standard InChI is InChI=1S/C11H18F3N5O/c1-4-6-15-8-16-9(18-10(17-8)20-3)19(5-2)7-11(12,13)14/h4-7H2,1-3H3,(H,15,16,17,18). The molecule has 0 spiro atoms. The molecule has 0 fully saturated rings. The molecule has 0 saturated heterocycles. The van der Waals surface area contributed by atoms with Gasteiger partial charge in [0.15, 0.2) is 0 Å². The van der Waals surface area contributed by atoms with Gasteiger partial charge in [-0.2, -0.15) is 28.1 Å². The summed E-state index contributed by atoms with van der Waals surface area (Å²) in [6.45, 7) is 3.16. The van der Waals surface area contributed by atoms with Crippen molar-refractivity contribution in [1.29, 1.82) is 0 Å². The van der Waals surface area contributed by atoms with Crippen molar-refractivity contribution in [2.45, 2.75) is 26.4 Å². The largest absolute Gasteiger partial charge is 0.467 e. The Bertz CT molecular complexity index is 427. The third-order valence-corrected chi connectivity index (χ3v) is 2.35. The summed E-state index contributed by atoms with van der Waals surface area (Å²) in [5.74, 6) is 0.143. The molecule has 9 heteroatoms. The molecule has 0 aromatic carbocycles. The minimum Gasteiger partial charge on any atom is -0.467 e. The molecule has 0 aliphatic heterocycles. The molecule has 0 atom stereocenters. The van der Waals surface area contributed by atoms with Crippen LogP contribution in [0.3, 0.4) is 0 Å². The molecule has 0 bridgehead atoms. The first-order chi connectivity index (χ1) is 9.39. The van der Waals surface area contributed by atoms with Gasteiger partial charge in [0.2, 0.25) is 11.9 Å². The van der Waals surface area contributed by atoms with Crippen LogP contribution in [-0.4, -0.2) is 47.9 Å². The first-order valence-corrected chi connectivity index (χ1v) is 6.25. The zero-order valence-electron chi connectivity index (χ0n) is 11.7. The minimum atomic E-state index is -4.33. The zero-order chi connectivity index (χ0) is 15.2. The third-order valence-electron chi connectivity index (χ3n) is 2.35. The van der Waals surface area contributed by atoms with Gasteiger partial charge in [-0.15, -0.1) is 0 Å². The Hall–Kier alpha value is -1.80. The lowest BCUT2D eigenvalue weighted by Crippen LogP contribution is -2.35. The van der Waals surface area contributed by atoms with Gasteiger partial charge in [0.25, 0.3) is 0 Å². The van der Waals surface area contributed by atoms with Crippen LogP contribution in [0.2, 0.25) is 0 Å². The van der Waals surface area contributed by atoms with Gasteiger partial charge in [-0.3, -0.25) is 0 Å². The lowest BCUT2D eigenvalue weighted by molar-refractivity contribution is -0.119. The van der Waals surface area contributed by atoms with Crippen molar-refractivity contribution in [3.05, 3.63) is 0 Å². The van der Waals surface area contributed by atoms with E-state index >= 15 is 0 Å². The summed E-state index contributed by atoms with van der Waals surface area (Å²) in [7, 11) is 1.35. The van der Waals surface area contributed by atoms with Crippen molar-refractivity contribution in [3.63, 3.8) is 0 Å². The van der Waals surface area contributed by atoms with E-state index in [0.717, 1.165) is 11.3 Å². The fourth-order valence-electron chi connectivity index (χ4n) is 1.43. The average Bonchev–Trinajstić information content (AvgIpc) is 2.41. The van der Waals surface area contributed by atoms with Crippen molar-refractivity contribution in [3.8, 4) is 6.01 Å². The Kier molecular flexibility index (Phi) is 5.78. The molecule has 0 aliphatic carbocycles. The van der Waals surface area contributed by atoms with Crippen LogP contribution in [0.4, 0.5) is 25.1 Å². The number of nitrogens with one attached hydrogen (secondary N) is 1. The molecular weight excluding hydrogens is 275 g/mol. The van der Waals surface area contributed by atoms with Crippen LogP contribution in [0.5, 0.6) is 6.01 Å². The maximum atomic E-state index is 12.5. The van der Waals surface area contributed by atoms with Crippen LogP contribution < -0.4 is 15.0 Å². The topological polar surface area (TPSA) is 63.2 Å². The molecule has 114 valence electrons. The van der Waals surface area contributed by atoms with E-state index in [1.165, 1.54) is 7.11 Å². The number of nitrogens with zero attached hydrogens (tertiary/aromatic N) is 4. The number of halogens is 3. The van der Waals surface area contributed by atoms with Gasteiger partial charge in [0.05, 0.1) is 7.11 Å². The second kappa shape index (κ2) is 7.11. The highest BCUT2D eigenvalue weighted by atomic mass is 19.4. The Morgan fingerprint density at radius 2 is 1.90 bits per heavy atom. The average molecular weight is 293 g/mol. The molecule has 1 aromatic rings. The maximum Gasteiger partial charge on any atom is 0.406 e. The van der Waals surface area contributed by atoms with Crippen LogP contribution in [0.1, 0.15) is 20.3 Å². The summed E-state index contributed by atoms with van der Waals surface area (Å²) >= 11 is 0. The molecule has 6 nitrogen and oxygen atoms in total. The summed E-state index contributed by atoms with van der Waals surface area (Å²) in [5, 5.41) is 2.90. The number of hydrogen-bond acceptors (Lipinski definition) is 6. The second-order valence-electron chi connectivity index (χ2n) is 4.00. The predicted octanol–water partition coefficient (Wildman–Crippen LogP) is 2.09. The van der Waals surface area contributed by atoms with Crippen LogP contribution in [-0.2, 0) is 0 Å². The van der Waals surface area contributed by atoms with E-state index in [0.29, 0.717) is 6.54 Å². The van der Waals surface area contributed by atoms with Crippen LogP contribution >= 0.6 is 0 Å². The summed E-state index contributed by atoms with van der Waals surface area (Å²) in [5.41, 5.74) is 0. The summed E-state index contributed by atoms with van der Waals surface area (Å²) in [4.78, 5) is 12.8. The summed E-state index contributed by atoms with van der Waals surface area (Å²) < 4.78 is 42.4. The van der Waals surface area contributed by atoms with E-state index < -0.39 is 12.7 Å². The predicted molar refractivity (Wildman–Crippen MR) is 69.1 cm³/mol. The number of methoxy groups -OCH3 is 1. The van der Waals surface area contributed by atoms with Gasteiger partial charge >= 0.3 is 12.2 Å². The van der Waals surface area contributed by atoms with Gasteiger partial charge < -0.3 is 15.0 Å². The monoisotopic (exact) mass is 293 g/mol. The molecule has 0 radical (unpaired) electrons. The van der Waals surface area contributed by atoms with Crippen LogP contribution in [0, 0.1) is 0 Å². The van der Waals surface area contributed by atoms with Gasteiger partial charge in [0.1, 0.15) is 6.54 Å². The van der Waals surface area contributed by atoms with Crippen molar-refractivity contribution < 1.29 is 17.9 Å². The molecule has 1 aromatic heterocycles. The Morgan fingerprint density at radius 3 is 2.40 bits per heavy atom. The highest BCUT2D eigenvalue weighted by Gasteiger charge is 2.31. The lowest BCUT2D eigenvalue weighted by atomic mass is 10.5. The highest BCUT2D eigenvalue weighted by molar-refractivity contribution is 5.38. The zero-order valence-corrected chi connectivity index (χ0v) is 11.7. The quantitative estimate of drug-likeness (QED) is 0.830. The third kappa shape index (κ3) is 5.06. The fraction of sp³-hybridized carbons (Fsp3) is 0.727. The molecule has 20 heavy (non-hydrogen) atoms. The van der Waals surface area contributed by atoms with Crippen molar-refractivity contribution in [2.75, 3.05) is 37.0 Å². The SMILES string of the molecule is CCCNc1nc(OC)nc(N(CC)CC(F)(F)F)n1. The molecular formula is C11H18F3N5O. The van der Waals surface area contributed by atoms with E-state index in [4.69, 9.17) is 4.74 Å². The Balaban J connectivity index is 3.01. The number of alkyl halides is 3. The summed E-state index contributed by atoms with van der Waals surface area (Å²) in [6.07, 6.45) is -3.49. The number of aromatic nitrogens is 3. The van der Waals surface area contributed by atoms with Crippen molar-refractivity contribution in [2.24, 2.45) is 0 Å². The fourth-order valence-corrected chi connectivity index (χ4v) is 1.43. The van der Waals surface area contributed by atoms with E-state index in [1.807, 2.05) is 6.92 Å². The van der Waals surface area contributed by atoms with Crippen LogP contribution in [0.15, 0.2) is 0 Å². The molecule has 0 amide bonds. The first-order valence-electron chi connectivity index (χ1n) is 6.25. The van der Waals surface area contributed by atoms with E-state index in [1.54, 1.807) is 6.92 Å². The molecule has 1 N–H and O–H groups in total. The van der Waals surface area contributed by atoms with Crippen LogP contribution in [0.25, 0.3) is 0 Å². The number of hydrogen-bond donors (Lipinski definition) is 1. The van der Waals surface area contributed by atoms with Gasteiger partial charge in [-0.25, -0.2) is 0 Å². The van der Waals surface area contributed by atoms with E-state index in [-0.39, 0.29) is 24.5 Å². The van der Waals surface area contributed by atoms with Gasteiger partial charge in [-0.1, -0.05) is 6.92 Å². The number of ether oxygens (including phenoxy) is 1. The first kappa shape index (κ1) is 16.3. The summed E-state index contributed by atoms with van der Waals surface area (Å²) in [6, 6.07) is -0.0192. The minimum absolute atomic E-state index is 0.0192.